The Labute approximate surface area is 74.5 Å². The van der Waals surface area contributed by atoms with Crippen molar-refractivity contribution in [3.8, 4) is 0 Å². The molecule has 1 aliphatic rings. The van der Waals surface area contributed by atoms with E-state index in [1.807, 2.05) is 0 Å². The standard InChI is InChI=1S/C9H20N2O/c1-7(6-12)11-5-3-4-9(10)8(11)2/h7-9,12H,3-6,10H2,1-2H3/t7?,8-,9-/m1/s1. The van der Waals surface area contributed by atoms with E-state index in [-0.39, 0.29) is 18.7 Å². The number of aliphatic hydroxyl groups is 1. The summed E-state index contributed by atoms with van der Waals surface area (Å²) in [6.07, 6.45) is 2.28. The summed E-state index contributed by atoms with van der Waals surface area (Å²) < 4.78 is 0. The predicted octanol–water partition coefficient (Wildman–Crippen LogP) is 0.179. The fourth-order valence-electron chi connectivity index (χ4n) is 1.93. The molecule has 0 amide bonds. The Hall–Kier alpha value is -0.120. The number of nitrogens with zero attached hydrogens (tertiary/aromatic N) is 1. The van der Waals surface area contributed by atoms with Crippen molar-refractivity contribution in [1.29, 1.82) is 0 Å². The largest absolute Gasteiger partial charge is 0.395 e. The lowest BCUT2D eigenvalue weighted by atomic mass is 9.97. The molecule has 0 saturated carbocycles. The van der Waals surface area contributed by atoms with E-state index < -0.39 is 0 Å². The van der Waals surface area contributed by atoms with Crippen molar-refractivity contribution in [3.63, 3.8) is 0 Å². The second-order valence-electron chi connectivity index (χ2n) is 3.82. The highest BCUT2D eigenvalue weighted by atomic mass is 16.3. The van der Waals surface area contributed by atoms with Crippen LogP contribution in [0.3, 0.4) is 0 Å². The van der Waals surface area contributed by atoms with Gasteiger partial charge >= 0.3 is 0 Å². The van der Waals surface area contributed by atoms with E-state index in [0.717, 1.165) is 19.4 Å². The highest BCUT2D eigenvalue weighted by molar-refractivity contribution is 4.86. The van der Waals surface area contributed by atoms with E-state index in [9.17, 15) is 0 Å². The molecule has 0 aromatic carbocycles. The van der Waals surface area contributed by atoms with Gasteiger partial charge in [0.15, 0.2) is 0 Å². The molecule has 3 nitrogen and oxygen atoms in total. The maximum Gasteiger partial charge on any atom is 0.0584 e. The number of piperidine rings is 1. The van der Waals surface area contributed by atoms with Gasteiger partial charge in [0.1, 0.15) is 0 Å². The third-order valence-corrected chi connectivity index (χ3v) is 2.93. The zero-order chi connectivity index (χ0) is 9.14. The first-order chi connectivity index (χ1) is 5.66. The van der Waals surface area contributed by atoms with Crippen LogP contribution < -0.4 is 5.73 Å². The third-order valence-electron chi connectivity index (χ3n) is 2.93. The van der Waals surface area contributed by atoms with Gasteiger partial charge in [-0.2, -0.15) is 0 Å². The molecule has 1 saturated heterocycles. The average molecular weight is 172 g/mol. The number of rotatable bonds is 2. The minimum Gasteiger partial charge on any atom is -0.395 e. The molecule has 0 spiro atoms. The number of nitrogens with two attached hydrogens (primary N) is 1. The van der Waals surface area contributed by atoms with E-state index in [1.165, 1.54) is 0 Å². The summed E-state index contributed by atoms with van der Waals surface area (Å²) in [5.74, 6) is 0. The molecule has 1 unspecified atom stereocenters. The van der Waals surface area contributed by atoms with Crippen LogP contribution in [-0.4, -0.2) is 41.3 Å². The molecule has 1 rings (SSSR count). The van der Waals surface area contributed by atoms with E-state index in [4.69, 9.17) is 10.8 Å². The van der Waals surface area contributed by atoms with Gasteiger partial charge < -0.3 is 10.8 Å². The summed E-state index contributed by atoms with van der Waals surface area (Å²) in [5, 5.41) is 9.01. The first-order valence-electron chi connectivity index (χ1n) is 4.79. The fraction of sp³-hybridized carbons (Fsp3) is 1.00. The summed E-state index contributed by atoms with van der Waals surface area (Å²) in [7, 11) is 0. The summed E-state index contributed by atoms with van der Waals surface area (Å²) in [6.45, 7) is 5.51. The number of hydrogen-bond donors (Lipinski definition) is 2. The first kappa shape index (κ1) is 9.96. The SMILES string of the molecule is CC(CO)N1CCC[C@@H](N)[C@H]1C. The Balaban J connectivity index is 2.51. The summed E-state index contributed by atoms with van der Waals surface area (Å²) in [6, 6.07) is 0.958. The van der Waals surface area contributed by atoms with Crippen molar-refractivity contribution >= 4 is 0 Å². The van der Waals surface area contributed by atoms with Gasteiger partial charge in [0.25, 0.3) is 0 Å². The van der Waals surface area contributed by atoms with Crippen molar-refractivity contribution in [1.82, 2.24) is 4.90 Å². The lowest BCUT2D eigenvalue weighted by Crippen LogP contribution is -2.54. The molecule has 0 bridgehead atoms. The molecule has 0 radical (unpaired) electrons. The van der Waals surface area contributed by atoms with E-state index in [0.29, 0.717) is 6.04 Å². The van der Waals surface area contributed by atoms with Crippen molar-refractivity contribution in [2.75, 3.05) is 13.2 Å². The Kier molecular flexibility index (Phi) is 3.50. The van der Waals surface area contributed by atoms with Crippen molar-refractivity contribution in [2.24, 2.45) is 5.73 Å². The molecule has 12 heavy (non-hydrogen) atoms. The van der Waals surface area contributed by atoms with Gasteiger partial charge in [-0.1, -0.05) is 0 Å². The van der Waals surface area contributed by atoms with Crippen molar-refractivity contribution in [3.05, 3.63) is 0 Å². The van der Waals surface area contributed by atoms with Crippen LogP contribution in [0.15, 0.2) is 0 Å². The van der Waals surface area contributed by atoms with Crippen LogP contribution in [-0.2, 0) is 0 Å². The molecule has 0 aliphatic carbocycles. The summed E-state index contributed by atoms with van der Waals surface area (Å²) >= 11 is 0. The highest BCUT2D eigenvalue weighted by Gasteiger charge is 2.27. The van der Waals surface area contributed by atoms with Crippen LogP contribution in [0.25, 0.3) is 0 Å². The smallest absolute Gasteiger partial charge is 0.0584 e. The average Bonchev–Trinajstić information content (AvgIpc) is 2.08. The molecule has 1 fully saturated rings. The maximum absolute atomic E-state index is 9.01. The van der Waals surface area contributed by atoms with Crippen LogP contribution in [0.1, 0.15) is 26.7 Å². The molecule has 1 heterocycles. The number of likely N-dealkylation sites (tertiary alicyclic amines) is 1. The zero-order valence-electron chi connectivity index (χ0n) is 8.03. The van der Waals surface area contributed by atoms with Crippen LogP contribution in [0.4, 0.5) is 0 Å². The van der Waals surface area contributed by atoms with Crippen molar-refractivity contribution < 1.29 is 5.11 Å². The number of aliphatic hydroxyl groups excluding tert-OH is 1. The quantitative estimate of drug-likeness (QED) is 0.624. The van der Waals surface area contributed by atoms with Crippen LogP contribution in [0.5, 0.6) is 0 Å². The lowest BCUT2D eigenvalue weighted by molar-refractivity contribution is 0.0635. The molecule has 1 aliphatic heterocycles. The predicted molar refractivity (Wildman–Crippen MR) is 49.9 cm³/mol. The molecule has 0 aromatic rings. The number of hydrogen-bond acceptors (Lipinski definition) is 3. The second-order valence-corrected chi connectivity index (χ2v) is 3.82. The zero-order valence-corrected chi connectivity index (χ0v) is 8.03. The van der Waals surface area contributed by atoms with E-state index in [1.54, 1.807) is 0 Å². The Bertz CT molecular complexity index is 140. The Morgan fingerprint density at radius 3 is 2.92 bits per heavy atom. The minimum atomic E-state index is 0.233. The Morgan fingerprint density at radius 2 is 2.33 bits per heavy atom. The second kappa shape index (κ2) is 4.21. The normalized spacial score (nSPS) is 35.0. The molecular formula is C9H20N2O. The van der Waals surface area contributed by atoms with Gasteiger partial charge in [-0.15, -0.1) is 0 Å². The first-order valence-corrected chi connectivity index (χ1v) is 4.79. The fourth-order valence-corrected chi connectivity index (χ4v) is 1.93. The molecule has 3 N–H and O–H groups in total. The van der Waals surface area contributed by atoms with E-state index in [2.05, 4.69) is 18.7 Å². The summed E-state index contributed by atoms with van der Waals surface area (Å²) in [5.41, 5.74) is 5.94. The van der Waals surface area contributed by atoms with Crippen LogP contribution in [0.2, 0.25) is 0 Å². The summed E-state index contributed by atoms with van der Waals surface area (Å²) in [4.78, 5) is 2.30. The van der Waals surface area contributed by atoms with Gasteiger partial charge in [-0.25, -0.2) is 0 Å². The lowest BCUT2D eigenvalue weighted by Gasteiger charge is -2.40. The highest BCUT2D eigenvalue weighted by Crippen LogP contribution is 2.17. The van der Waals surface area contributed by atoms with Crippen LogP contribution >= 0.6 is 0 Å². The minimum absolute atomic E-state index is 0.233. The molecule has 3 heteroatoms. The third kappa shape index (κ3) is 1.97. The molecule has 3 atom stereocenters. The molecule has 72 valence electrons. The van der Waals surface area contributed by atoms with E-state index >= 15 is 0 Å². The van der Waals surface area contributed by atoms with Gasteiger partial charge in [-0.3, -0.25) is 4.90 Å². The molecular weight excluding hydrogens is 152 g/mol. The van der Waals surface area contributed by atoms with Crippen LogP contribution in [0, 0.1) is 0 Å². The van der Waals surface area contributed by atoms with Gasteiger partial charge in [0.2, 0.25) is 0 Å². The Morgan fingerprint density at radius 1 is 1.67 bits per heavy atom. The van der Waals surface area contributed by atoms with Gasteiger partial charge in [-0.05, 0) is 33.2 Å². The maximum atomic E-state index is 9.01. The van der Waals surface area contributed by atoms with Gasteiger partial charge in [0.05, 0.1) is 6.61 Å². The topological polar surface area (TPSA) is 49.5 Å². The molecule has 0 aromatic heterocycles. The monoisotopic (exact) mass is 172 g/mol. The van der Waals surface area contributed by atoms with Crippen molar-refractivity contribution in [2.45, 2.75) is 44.8 Å². The van der Waals surface area contributed by atoms with Gasteiger partial charge in [0, 0.05) is 18.1 Å².